The highest BCUT2D eigenvalue weighted by atomic mass is 32.3. The summed E-state index contributed by atoms with van der Waals surface area (Å²) in [6.07, 6.45) is 6.40. The molecule has 1 aliphatic carbocycles. The first-order valence-electron chi connectivity index (χ1n) is 11.6. The summed E-state index contributed by atoms with van der Waals surface area (Å²) in [6.45, 7) is 1.14. The Kier molecular flexibility index (Phi) is 5.62. The van der Waals surface area contributed by atoms with E-state index in [1.54, 1.807) is 4.31 Å². The molecule has 1 saturated heterocycles. The maximum Gasteiger partial charge on any atom is 0.296 e. The van der Waals surface area contributed by atoms with Gasteiger partial charge in [-0.2, -0.15) is 0 Å². The Morgan fingerprint density at radius 3 is 2.58 bits per heavy atom. The minimum atomic E-state index is -2.90. The van der Waals surface area contributed by atoms with Gasteiger partial charge in [-0.25, -0.2) is 4.98 Å². The SMILES string of the molecule is O=C(NCc1ccccc1N1CCCCS1(O)O)c1nc2n(c(=O)c1O)CCCC21CCC1. The summed E-state index contributed by atoms with van der Waals surface area (Å²) in [6, 6.07) is 7.27. The summed E-state index contributed by atoms with van der Waals surface area (Å²) in [4.78, 5) is 30.3. The number of hydrogen-bond acceptors (Lipinski definition) is 7. The summed E-state index contributed by atoms with van der Waals surface area (Å²) in [5.41, 5.74) is 0.430. The fourth-order valence-corrected chi connectivity index (χ4v) is 7.05. The van der Waals surface area contributed by atoms with Gasteiger partial charge in [0, 0.05) is 25.0 Å². The van der Waals surface area contributed by atoms with Crippen LogP contribution in [0.1, 0.15) is 66.8 Å². The lowest BCUT2D eigenvalue weighted by Gasteiger charge is -2.48. The molecule has 2 aromatic rings. The van der Waals surface area contributed by atoms with E-state index in [-0.39, 0.29) is 17.7 Å². The van der Waals surface area contributed by atoms with Crippen LogP contribution >= 0.6 is 10.8 Å². The van der Waals surface area contributed by atoms with Crippen molar-refractivity contribution in [3.8, 4) is 5.75 Å². The second-order valence-electron chi connectivity index (χ2n) is 9.28. The van der Waals surface area contributed by atoms with Gasteiger partial charge < -0.3 is 10.4 Å². The summed E-state index contributed by atoms with van der Waals surface area (Å²) in [7, 11) is -2.90. The number of carbonyl (C=O) groups is 1. The maximum atomic E-state index is 13.0. The quantitative estimate of drug-likeness (QED) is 0.535. The number of aromatic hydroxyl groups is 1. The zero-order valence-electron chi connectivity index (χ0n) is 18.5. The lowest BCUT2D eigenvalue weighted by atomic mass is 9.64. The van der Waals surface area contributed by atoms with Crippen molar-refractivity contribution >= 4 is 22.4 Å². The number of rotatable bonds is 4. The Morgan fingerprint density at radius 2 is 1.85 bits per heavy atom. The van der Waals surface area contributed by atoms with Crippen molar-refractivity contribution in [2.75, 3.05) is 16.6 Å². The summed E-state index contributed by atoms with van der Waals surface area (Å²) in [5.74, 6) is -0.290. The van der Waals surface area contributed by atoms with Crippen LogP contribution in [0.4, 0.5) is 5.69 Å². The summed E-state index contributed by atoms with van der Waals surface area (Å²) >= 11 is 0. The number of fused-ring (bicyclic) bond motifs is 2. The van der Waals surface area contributed by atoms with Crippen LogP contribution in [-0.4, -0.2) is 42.0 Å². The topological polar surface area (TPSA) is 128 Å². The van der Waals surface area contributed by atoms with Crippen LogP contribution in [0.15, 0.2) is 29.1 Å². The predicted octanol–water partition coefficient (Wildman–Crippen LogP) is 3.36. The molecular weight excluding hydrogens is 444 g/mol. The van der Waals surface area contributed by atoms with E-state index in [0.29, 0.717) is 30.4 Å². The monoisotopic (exact) mass is 474 g/mol. The number of amides is 1. The van der Waals surface area contributed by atoms with Gasteiger partial charge in [0.1, 0.15) is 5.82 Å². The molecule has 1 saturated carbocycles. The van der Waals surface area contributed by atoms with Gasteiger partial charge in [0.15, 0.2) is 5.69 Å². The van der Waals surface area contributed by atoms with E-state index in [1.807, 2.05) is 24.3 Å². The Balaban J connectivity index is 1.41. The second kappa shape index (κ2) is 8.34. The number of para-hydroxylation sites is 1. The number of carbonyl (C=O) groups excluding carboxylic acids is 1. The molecule has 3 heterocycles. The van der Waals surface area contributed by atoms with Crippen LogP contribution < -0.4 is 15.2 Å². The van der Waals surface area contributed by atoms with Crippen LogP contribution in [0.3, 0.4) is 0 Å². The Bertz CT molecular complexity index is 1140. The third-order valence-corrected chi connectivity index (χ3v) is 9.19. The lowest BCUT2D eigenvalue weighted by Crippen LogP contribution is -2.45. The highest BCUT2D eigenvalue weighted by molar-refractivity contribution is 8.25. The van der Waals surface area contributed by atoms with Crippen molar-refractivity contribution < 1.29 is 19.0 Å². The molecule has 1 aromatic heterocycles. The van der Waals surface area contributed by atoms with Crippen LogP contribution in [0.5, 0.6) is 5.75 Å². The minimum absolute atomic E-state index is 0.103. The van der Waals surface area contributed by atoms with Gasteiger partial charge in [-0.3, -0.25) is 27.6 Å². The van der Waals surface area contributed by atoms with E-state index in [0.717, 1.165) is 50.5 Å². The summed E-state index contributed by atoms with van der Waals surface area (Å²) < 4.78 is 24.2. The Morgan fingerprint density at radius 1 is 1.09 bits per heavy atom. The van der Waals surface area contributed by atoms with Crippen molar-refractivity contribution in [2.24, 2.45) is 0 Å². The molecule has 4 N–H and O–H groups in total. The average molecular weight is 475 g/mol. The summed E-state index contributed by atoms with van der Waals surface area (Å²) in [5, 5.41) is 13.3. The number of hydrogen-bond donors (Lipinski definition) is 4. The van der Waals surface area contributed by atoms with E-state index in [1.165, 1.54) is 4.57 Å². The van der Waals surface area contributed by atoms with E-state index in [9.17, 15) is 23.8 Å². The van der Waals surface area contributed by atoms with E-state index < -0.39 is 28.0 Å². The number of nitrogens with one attached hydrogen (secondary N) is 1. The fraction of sp³-hybridized carbons (Fsp3) is 0.522. The normalized spacial score (nSPS) is 21.7. The van der Waals surface area contributed by atoms with Crippen LogP contribution in [0.25, 0.3) is 0 Å². The highest BCUT2D eigenvalue weighted by Crippen LogP contribution is 2.50. The van der Waals surface area contributed by atoms with Gasteiger partial charge in [0.25, 0.3) is 11.5 Å². The smallest absolute Gasteiger partial charge is 0.296 e. The molecule has 0 unspecified atom stereocenters. The number of benzene rings is 1. The van der Waals surface area contributed by atoms with Gasteiger partial charge in [-0.05, 0) is 50.2 Å². The standard InChI is InChI=1S/C23H30N4O5S/c28-19-18(25-22-23(9-5-10-23)11-6-12-26(22)21(19)30)20(29)24-15-16-7-1-2-8-17(16)27-13-3-4-14-33(27,31)32/h1-2,7-8,28,31-32H,3-6,9-15H2,(H,24,29). The number of aromatic nitrogens is 2. The number of nitrogens with zero attached hydrogens (tertiary/aromatic N) is 3. The fourth-order valence-electron chi connectivity index (χ4n) is 5.33. The Labute approximate surface area is 193 Å². The average Bonchev–Trinajstić information content (AvgIpc) is 2.78. The molecule has 2 fully saturated rings. The van der Waals surface area contributed by atoms with Crippen molar-refractivity contribution in [1.82, 2.24) is 14.9 Å². The van der Waals surface area contributed by atoms with Crippen LogP contribution in [0.2, 0.25) is 0 Å². The van der Waals surface area contributed by atoms with Crippen molar-refractivity contribution in [3.05, 3.63) is 51.7 Å². The molecule has 0 bridgehead atoms. The zero-order chi connectivity index (χ0) is 23.2. The molecule has 2 aliphatic heterocycles. The van der Waals surface area contributed by atoms with Gasteiger partial charge in [0.05, 0.1) is 11.4 Å². The van der Waals surface area contributed by atoms with Gasteiger partial charge >= 0.3 is 0 Å². The number of anilines is 1. The van der Waals surface area contributed by atoms with E-state index in [2.05, 4.69) is 10.3 Å². The first kappa shape index (κ1) is 22.2. The predicted molar refractivity (Wildman–Crippen MR) is 127 cm³/mol. The second-order valence-corrected chi connectivity index (χ2v) is 11.4. The van der Waals surface area contributed by atoms with Gasteiger partial charge in [-0.1, -0.05) is 24.6 Å². The molecule has 1 aromatic carbocycles. The molecule has 3 aliphatic rings. The van der Waals surface area contributed by atoms with Crippen molar-refractivity contribution in [3.63, 3.8) is 0 Å². The molecule has 9 nitrogen and oxygen atoms in total. The molecule has 10 heteroatoms. The van der Waals surface area contributed by atoms with Crippen LogP contribution in [0, 0.1) is 0 Å². The Hall–Kier alpha value is -2.56. The van der Waals surface area contributed by atoms with E-state index >= 15 is 0 Å². The van der Waals surface area contributed by atoms with E-state index in [4.69, 9.17) is 0 Å². The van der Waals surface area contributed by atoms with Crippen molar-refractivity contribution in [2.45, 2.75) is 63.5 Å². The van der Waals surface area contributed by atoms with Gasteiger partial charge in [-0.15, -0.1) is 10.8 Å². The molecule has 0 atom stereocenters. The first-order chi connectivity index (χ1) is 15.8. The maximum absolute atomic E-state index is 13.0. The van der Waals surface area contributed by atoms with Gasteiger partial charge in [0.2, 0.25) is 5.75 Å². The first-order valence-corrected chi connectivity index (χ1v) is 13.2. The lowest BCUT2D eigenvalue weighted by molar-refractivity contribution is 0.0938. The molecule has 0 radical (unpaired) electrons. The molecule has 1 spiro atoms. The highest BCUT2D eigenvalue weighted by Gasteiger charge is 2.45. The zero-order valence-corrected chi connectivity index (χ0v) is 19.3. The molecular formula is C23H30N4O5S. The molecule has 5 rings (SSSR count). The molecule has 1 amide bonds. The molecule has 178 valence electrons. The third-order valence-electron chi connectivity index (χ3n) is 7.26. The van der Waals surface area contributed by atoms with Crippen LogP contribution in [-0.2, 0) is 18.5 Å². The minimum Gasteiger partial charge on any atom is -0.501 e. The largest absolute Gasteiger partial charge is 0.501 e. The molecule has 33 heavy (non-hydrogen) atoms. The third kappa shape index (κ3) is 3.79. The van der Waals surface area contributed by atoms with Crippen molar-refractivity contribution in [1.29, 1.82) is 0 Å².